The lowest BCUT2D eigenvalue weighted by Crippen LogP contribution is -2.45. The summed E-state index contributed by atoms with van der Waals surface area (Å²) < 4.78 is 5.47. The predicted octanol–water partition coefficient (Wildman–Crippen LogP) is 20.2. The molecule has 0 spiro atoms. The van der Waals surface area contributed by atoms with E-state index in [1.807, 2.05) is 0 Å². The van der Waals surface area contributed by atoms with Crippen LogP contribution in [0.15, 0.2) is 24.3 Å². The molecule has 0 aliphatic heterocycles. The first-order valence-corrected chi connectivity index (χ1v) is 32.1. The van der Waals surface area contributed by atoms with Crippen molar-refractivity contribution in [2.75, 3.05) is 13.2 Å². The molecule has 0 bridgehead atoms. The minimum Gasteiger partial charge on any atom is -0.466 e. The molecule has 6 nitrogen and oxygen atoms in total. The fraction of sp³-hybridized carbons (Fsp3) is 0.908. The number of carbonyl (C=O) groups excluding carboxylic acids is 2. The van der Waals surface area contributed by atoms with Crippen molar-refractivity contribution in [1.82, 2.24) is 5.32 Å². The second-order valence-electron chi connectivity index (χ2n) is 22.1. The monoisotopic (exact) mass is 1000 g/mol. The lowest BCUT2D eigenvalue weighted by molar-refractivity contribution is -0.143. The van der Waals surface area contributed by atoms with Gasteiger partial charge in [0.25, 0.3) is 0 Å². The molecule has 0 saturated carbocycles. The molecule has 3 N–H and O–H groups in total. The summed E-state index contributed by atoms with van der Waals surface area (Å²) >= 11 is 0. The average molecular weight is 1000 g/mol. The number of aliphatic hydroxyl groups excluding tert-OH is 2. The van der Waals surface area contributed by atoms with Gasteiger partial charge in [0, 0.05) is 12.8 Å². The van der Waals surface area contributed by atoms with Crippen molar-refractivity contribution in [2.45, 2.75) is 366 Å². The molecule has 71 heavy (non-hydrogen) atoms. The number of nitrogens with one attached hydrogen (secondary N) is 1. The van der Waals surface area contributed by atoms with Gasteiger partial charge in [0.1, 0.15) is 0 Å². The summed E-state index contributed by atoms with van der Waals surface area (Å²) in [6.45, 7) is 4.95. The van der Waals surface area contributed by atoms with Crippen molar-refractivity contribution in [3.8, 4) is 0 Å². The predicted molar refractivity (Wildman–Crippen MR) is 310 cm³/mol. The second kappa shape index (κ2) is 60.9. The summed E-state index contributed by atoms with van der Waals surface area (Å²) in [6, 6.07) is -0.546. The van der Waals surface area contributed by atoms with E-state index in [4.69, 9.17) is 4.74 Å². The van der Waals surface area contributed by atoms with Gasteiger partial charge < -0.3 is 20.3 Å². The van der Waals surface area contributed by atoms with Gasteiger partial charge in [0.2, 0.25) is 5.91 Å². The highest BCUT2D eigenvalue weighted by molar-refractivity contribution is 5.76. The van der Waals surface area contributed by atoms with Crippen LogP contribution in [0.25, 0.3) is 0 Å². The summed E-state index contributed by atoms with van der Waals surface area (Å²) in [4.78, 5) is 24.5. The standard InChI is InChI=1S/C65H125NO5/c1-3-5-7-9-11-13-15-17-18-19-25-28-31-34-37-41-45-49-53-57-63(68)62(61-67)66-64(69)58-54-50-46-42-38-35-32-29-26-23-21-20-22-24-27-30-33-36-40-44-48-52-56-60-71-65(70)59-55-51-47-43-39-16-14-12-10-8-6-4-2/h12,14,23,26,62-63,67-68H,3-11,13,15-22,24-25,27-61H2,1-2H3,(H,66,69)/b14-12-,26-23-. The average Bonchev–Trinajstić information content (AvgIpc) is 3.37. The lowest BCUT2D eigenvalue weighted by atomic mass is 10.0. The summed E-state index contributed by atoms with van der Waals surface area (Å²) in [5.74, 6) is -0.0363. The van der Waals surface area contributed by atoms with E-state index in [0.717, 1.165) is 44.9 Å². The van der Waals surface area contributed by atoms with Gasteiger partial charge in [0.05, 0.1) is 25.4 Å². The SMILES string of the molecule is CCCCC/C=C\CCCCCCCC(=O)OCCCCCCCCCCCCCC/C=C\CCCCCCCCCC(=O)NC(CO)C(O)CCCCCCCCCCCCCCCCCCCCC. The number of amides is 1. The number of carbonyl (C=O) groups is 2. The highest BCUT2D eigenvalue weighted by atomic mass is 16.5. The zero-order valence-electron chi connectivity index (χ0n) is 48.0. The van der Waals surface area contributed by atoms with E-state index in [1.54, 1.807) is 0 Å². The van der Waals surface area contributed by atoms with E-state index in [9.17, 15) is 19.8 Å². The van der Waals surface area contributed by atoms with Crippen molar-refractivity contribution in [3.05, 3.63) is 24.3 Å². The molecular weight excluding hydrogens is 875 g/mol. The lowest BCUT2D eigenvalue weighted by Gasteiger charge is -2.22. The maximum Gasteiger partial charge on any atom is 0.305 e. The van der Waals surface area contributed by atoms with E-state index >= 15 is 0 Å². The molecule has 0 heterocycles. The molecule has 0 aromatic carbocycles. The Morgan fingerprint density at radius 1 is 0.380 bits per heavy atom. The number of esters is 1. The van der Waals surface area contributed by atoms with E-state index in [2.05, 4.69) is 43.5 Å². The topological polar surface area (TPSA) is 95.9 Å². The molecular formula is C65H125NO5. The molecule has 0 rings (SSSR count). The fourth-order valence-corrected chi connectivity index (χ4v) is 10.0. The van der Waals surface area contributed by atoms with E-state index in [-0.39, 0.29) is 18.5 Å². The molecule has 0 aromatic heterocycles. The van der Waals surface area contributed by atoms with Crippen LogP contribution in [0.4, 0.5) is 0 Å². The van der Waals surface area contributed by atoms with E-state index in [1.165, 1.54) is 276 Å². The third-order valence-corrected chi connectivity index (χ3v) is 15.0. The number of rotatable bonds is 60. The van der Waals surface area contributed by atoms with Gasteiger partial charge in [-0.25, -0.2) is 0 Å². The minimum atomic E-state index is -0.669. The van der Waals surface area contributed by atoms with E-state index in [0.29, 0.717) is 25.9 Å². The Hall–Kier alpha value is -1.66. The van der Waals surface area contributed by atoms with Crippen LogP contribution in [0.5, 0.6) is 0 Å². The second-order valence-corrected chi connectivity index (χ2v) is 22.1. The number of allylic oxidation sites excluding steroid dienone is 4. The van der Waals surface area contributed by atoms with Crippen LogP contribution in [0.2, 0.25) is 0 Å². The van der Waals surface area contributed by atoms with Gasteiger partial charge >= 0.3 is 5.97 Å². The fourth-order valence-electron chi connectivity index (χ4n) is 10.0. The molecule has 2 atom stereocenters. The Bertz CT molecular complexity index is 1110. The third-order valence-electron chi connectivity index (χ3n) is 15.0. The molecule has 1 amide bonds. The first-order chi connectivity index (χ1) is 35.0. The Labute approximate surface area is 443 Å². The van der Waals surface area contributed by atoms with Gasteiger partial charge in [-0.1, -0.05) is 289 Å². The summed E-state index contributed by atoms with van der Waals surface area (Å²) in [5.41, 5.74) is 0. The first kappa shape index (κ1) is 69.3. The highest BCUT2D eigenvalue weighted by Crippen LogP contribution is 2.18. The van der Waals surface area contributed by atoms with Gasteiger partial charge in [-0.2, -0.15) is 0 Å². The van der Waals surface area contributed by atoms with Gasteiger partial charge in [-0.3, -0.25) is 9.59 Å². The smallest absolute Gasteiger partial charge is 0.305 e. The van der Waals surface area contributed by atoms with Gasteiger partial charge in [-0.05, 0) is 77.0 Å². The molecule has 0 saturated heterocycles. The molecule has 0 radical (unpaired) electrons. The van der Waals surface area contributed by atoms with Crippen LogP contribution in [0, 0.1) is 0 Å². The maximum absolute atomic E-state index is 12.5. The summed E-state index contributed by atoms with van der Waals surface area (Å²) in [5, 5.41) is 23.4. The molecule has 0 aliphatic rings. The minimum absolute atomic E-state index is 0.00186. The quantitative estimate of drug-likeness (QED) is 0.0320. The molecule has 2 unspecified atom stereocenters. The number of unbranched alkanes of at least 4 members (excludes halogenated alkanes) is 45. The first-order valence-electron chi connectivity index (χ1n) is 32.1. The molecule has 420 valence electrons. The van der Waals surface area contributed by atoms with Crippen LogP contribution < -0.4 is 5.32 Å². The third kappa shape index (κ3) is 57.5. The normalized spacial score (nSPS) is 12.7. The zero-order valence-corrected chi connectivity index (χ0v) is 48.0. The Morgan fingerprint density at radius 2 is 0.662 bits per heavy atom. The molecule has 0 aromatic rings. The van der Waals surface area contributed by atoms with Crippen LogP contribution in [-0.2, 0) is 14.3 Å². The largest absolute Gasteiger partial charge is 0.466 e. The molecule has 6 heteroatoms. The van der Waals surface area contributed by atoms with Crippen LogP contribution >= 0.6 is 0 Å². The van der Waals surface area contributed by atoms with Crippen LogP contribution in [0.3, 0.4) is 0 Å². The summed E-state index contributed by atoms with van der Waals surface area (Å²) in [6.07, 6.45) is 74.8. The number of hydrogen-bond acceptors (Lipinski definition) is 5. The van der Waals surface area contributed by atoms with Crippen molar-refractivity contribution in [2.24, 2.45) is 0 Å². The highest BCUT2D eigenvalue weighted by Gasteiger charge is 2.20. The molecule has 0 aliphatic carbocycles. The molecule has 0 fully saturated rings. The van der Waals surface area contributed by atoms with Crippen LogP contribution in [0.1, 0.15) is 354 Å². The van der Waals surface area contributed by atoms with Crippen molar-refractivity contribution < 1.29 is 24.5 Å². The van der Waals surface area contributed by atoms with Crippen molar-refractivity contribution in [3.63, 3.8) is 0 Å². The Balaban J connectivity index is 3.42. The number of aliphatic hydroxyl groups is 2. The van der Waals surface area contributed by atoms with Gasteiger partial charge in [-0.15, -0.1) is 0 Å². The maximum atomic E-state index is 12.5. The Morgan fingerprint density at radius 3 is 1.03 bits per heavy atom. The van der Waals surface area contributed by atoms with E-state index < -0.39 is 12.1 Å². The number of hydrogen-bond donors (Lipinski definition) is 3. The number of ether oxygens (including phenoxy) is 1. The van der Waals surface area contributed by atoms with Gasteiger partial charge in [0.15, 0.2) is 0 Å². The Kier molecular flexibility index (Phi) is 59.5. The van der Waals surface area contributed by atoms with Crippen LogP contribution in [-0.4, -0.2) is 47.4 Å². The van der Waals surface area contributed by atoms with Crippen molar-refractivity contribution >= 4 is 11.9 Å². The summed E-state index contributed by atoms with van der Waals surface area (Å²) in [7, 11) is 0. The van der Waals surface area contributed by atoms with Crippen molar-refractivity contribution in [1.29, 1.82) is 0 Å². The zero-order chi connectivity index (χ0) is 51.4.